The number of para-hydroxylation sites is 1. The van der Waals surface area contributed by atoms with Crippen molar-refractivity contribution in [3.8, 4) is 0 Å². The molecule has 1 heterocycles. The number of carbonyl (C=O) groups excluding carboxylic acids is 2. The first kappa shape index (κ1) is 18.9. The third-order valence-electron chi connectivity index (χ3n) is 5.51. The molecule has 5 heteroatoms. The first-order chi connectivity index (χ1) is 13.9. The number of anilines is 2. The fourth-order valence-corrected chi connectivity index (χ4v) is 3.77. The zero-order chi connectivity index (χ0) is 20.6. The summed E-state index contributed by atoms with van der Waals surface area (Å²) in [5.74, 6) is -0.847. The van der Waals surface area contributed by atoms with Crippen molar-refractivity contribution < 1.29 is 14.7 Å². The van der Waals surface area contributed by atoms with Gasteiger partial charge < -0.3 is 10.4 Å². The summed E-state index contributed by atoms with van der Waals surface area (Å²) in [5, 5.41) is 14.3. The molecule has 0 saturated heterocycles. The van der Waals surface area contributed by atoms with E-state index in [2.05, 4.69) is 5.32 Å². The summed E-state index contributed by atoms with van der Waals surface area (Å²) in [4.78, 5) is 27.4. The number of hydrogen-bond acceptors (Lipinski definition) is 3. The van der Waals surface area contributed by atoms with E-state index in [4.69, 9.17) is 0 Å². The first-order valence-electron chi connectivity index (χ1n) is 9.48. The van der Waals surface area contributed by atoms with Gasteiger partial charge in [0.15, 0.2) is 5.60 Å². The Kier molecular flexibility index (Phi) is 4.68. The summed E-state index contributed by atoms with van der Waals surface area (Å²) in [6.07, 6.45) is 0. The molecule has 3 aromatic carbocycles. The number of aliphatic hydroxyl groups is 1. The summed E-state index contributed by atoms with van der Waals surface area (Å²) in [6, 6.07) is 21.5. The number of benzene rings is 3. The van der Waals surface area contributed by atoms with Gasteiger partial charge in [-0.3, -0.25) is 14.5 Å². The van der Waals surface area contributed by atoms with Gasteiger partial charge in [-0.15, -0.1) is 0 Å². The van der Waals surface area contributed by atoms with Gasteiger partial charge in [0.05, 0.1) is 5.69 Å². The van der Waals surface area contributed by atoms with Crippen molar-refractivity contribution in [2.45, 2.75) is 19.4 Å². The second kappa shape index (κ2) is 7.18. The number of fused-ring (bicyclic) bond motifs is 1. The minimum absolute atomic E-state index is 0.182. The fourth-order valence-electron chi connectivity index (χ4n) is 3.77. The molecule has 0 aromatic heterocycles. The van der Waals surface area contributed by atoms with Gasteiger partial charge in [-0.1, -0.05) is 60.7 Å². The van der Waals surface area contributed by atoms with Gasteiger partial charge >= 0.3 is 0 Å². The number of rotatable bonds is 4. The van der Waals surface area contributed by atoms with E-state index in [1.54, 1.807) is 48.5 Å². The van der Waals surface area contributed by atoms with Gasteiger partial charge in [0.1, 0.15) is 6.54 Å². The Hall–Kier alpha value is -3.44. The first-order valence-corrected chi connectivity index (χ1v) is 9.48. The lowest BCUT2D eigenvalue weighted by molar-refractivity contribution is -0.133. The van der Waals surface area contributed by atoms with Crippen LogP contribution in [0.1, 0.15) is 22.3 Å². The summed E-state index contributed by atoms with van der Waals surface area (Å²) < 4.78 is 0. The molecule has 0 bridgehead atoms. The van der Waals surface area contributed by atoms with Crippen molar-refractivity contribution in [1.82, 2.24) is 0 Å². The summed E-state index contributed by atoms with van der Waals surface area (Å²) in [6.45, 7) is 3.74. The molecule has 146 valence electrons. The zero-order valence-electron chi connectivity index (χ0n) is 16.3. The normalized spacial score (nSPS) is 17.9. The maximum absolute atomic E-state index is 13.3. The van der Waals surface area contributed by atoms with Crippen molar-refractivity contribution in [3.63, 3.8) is 0 Å². The molecule has 2 amide bonds. The number of aryl methyl sites for hydroxylation is 1. The highest BCUT2D eigenvalue weighted by Gasteiger charge is 2.51. The predicted molar refractivity (Wildman–Crippen MR) is 113 cm³/mol. The van der Waals surface area contributed by atoms with E-state index in [1.165, 1.54) is 4.90 Å². The lowest BCUT2D eigenvalue weighted by Gasteiger charge is -2.23. The number of amides is 2. The van der Waals surface area contributed by atoms with E-state index < -0.39 is 11.5 Å². The molecule has 1 atom stereocenters. The van der Waals surface area contributed by atoms with E-state index in [0.717, 1.165) is 11.1 Å². The largest absolute Gasteiger partial charge is 0.372 e. The second-order valence-corrected chi connectivity index (χ2v) is 7.28. The average Bonchev–Trinajstić information content (AvgIpc) is 2.95. The van der Waals surface area contributed by atoms with Crippen LogP contribution in [0.25, 0.3) is 0 Å². The molecule has 1 aliphatic rings. The number of carbonyl (C=O) groups is 2. The molecule has 29 heavy (non-hydrogen) atoms. The quantitative estimate of drug-likeness (QED) is 0.721. The molecule has 2 N–H and O–H groups in total. The molecule has 4 rings (SSSR count). The number of nitrogens with zero attached hydrogens (tertiary/aromatic N) is 1. The van der Waals surface area contributed by atoms with Crippen LogP contribution in [0.3, 0.4) is 0 Å². The van der Waals surface area contributed by atoms with Crippen LogP contribution in [0.2, 0.25) is 0 Å². The summed E-state index contributed by atoms with van der Waals surface area (Å²) in [5.41, 5.74) is 2.47. The van der Waals surface area contributed by atoms with Crippen LogP contribution >= 0.6 is 0 Å². The molecule has 1 unspecified atom stereocenters. The van der Waals surface area contributed by atoms with E-state index in [-0.39, 0.29) is 12.5 Å². The van der Waals surface area contributed by atoms with Crippen molar-refractivity contribution in [2.24, 2.45) is 0 Å². The Morgan fingerprint density at radius 1 is 0.966 bits per heavy atom. The van der Waals surface area contributed by atoms with E-state index in [1.807, 2.05) is 38.1 Å². The molecule has 0 spiro atoms. The monoisotopic (exact) mass is 386 g/mol. The Balaban J connectivity index is 1.66. The molecular formula is C24H22N2O3. The van der Waals surface area contributed by atoms with Gasteiger partial charge in [0.25, 0.3) is 5.91 Å². The molecule has 5 nitrogen and oxygen atoms in total. The van der Waals surface area contributed by atoms with Crippen LogP contribution in [0.5, 0.6) is 0 Å². The Morgan fingerprint density at radius 2 is 1.66 bits per heavy atom. The maximum atomic E-state index is 13.3. The van der Waals surface area contributed by atoms with Gasteiger partial charge in [-0.2, -0.15) is 0 Å². The average molecular weight is 386 g/mol. The van der Waals surface area contributed by atoms with Crippen LogP contribution in [0, 0.1) is 13.8 Å². The van der Waals surface area contributed by atoms with Gasteiger partial charge in [-0.25, -0.2) is 0 Å². The third kappa shape index (κ3) is 3.09. The standard InChI is InChI=1S/C24H22N2O3/c1-16-9-8-13-20(17(16)2)25-22(27)15-26-21-14-7-6-12-19(21)24(29,23(26)28)18-10-4-3-5-11-18/h3-14,29H,15H2,1-2H3,(H,25,27). The van der Waals surface area contributed by atoms with Crippen LogP contribution in [0.15, 0.2) is 72.8 Å². The van der Waals surface area contributed by atoms with E-state index >= 15 is 0 Å². The highest BCUT2D eigenvalue weighted by atomic mass is 16.3. The van der Waals surface area contributed by atoms with Crippen LogP contribution in [-0.2, 0) is 15.2 Å². The Bertz CT molecular complexity index is 1090. The highest BCUT2D eigenvalue weighted by Crippen LogP contribution is 2.44. The predicted octanol–water partition coefficient (Wildman–Crippen LogP) is 3.52. The minimum Gasteiger partial charge on any atom is -0.372 e. The van der Waals surface area contributed by atoms with Crippen LogP contribution in [-0.4, -0.2) is 23.5 Å². The van der Waals surface area contributed by atoms with Crippen molar-refractivity contribution in [2.75, 3.05) is 16.8 Å². The lowest BCUT2D eigenvalue weighted by atomic mass is 9.88. The zero-order valence-corrected chi connectivity index (χ0v) is 16.3. The third-order valence-corrected chi connectivity index (χ3v) is 5.51. The lowest BCUT2D eigenvalue weighted by Crippen LogP contribution is -2.44. The van der Waals surface area contributed by atoms with Crippen LogP contribution in [0.4, 0.5) is 11.4 Å². The fraction of sp³-hybridized carbons (Fsp3) is 0.167. The number of hydrogen-bond donors (Lipinski definition) is 2. The SMILES string of the molecule is Cc1cccc(NC(=O)CN2C(=O)C(O)(c3ccccc3)c3ccccc32)c1C. The molecule has 0 aliphatic carbocycles. The maximum Gasteiger partial charge on any atom is 0.268 e. The molecule has 1 aliphatic heterocycles. The minimum atomic E-state index is -1.81. The topological polar surface area (TPSA) is 69.6 Å². The molecule has 3 aromatic rings. The van der Waals surface area contributed by atoms with Crippen molar-refractivity contribution in [1.29, 1.82) is 0 Å². The highest BCUT2D eigenvalue weighted by molar-refractivity contribution is 6.12. The summed E-state index contributed by atoms with van der Waals surface area (Å²) >= 11 is 0. The second-order valence-electron chi connectivity index (χ2n) is 7.28. The Labute approximate surface area is 169 Å². The van der Waals surface area contributed by atoms with E-state index in [0.29, 0.717) is 22.5 Å². The van der Waals surface area contributed by atoms with Crippen molar-refractivity contribution in [3.05, 3.63) is 95.1 Å². The summed E-state index contributed by atoms with van der Waals surface area (Å²) in [7, 11) is 0. The van der Waals surface area contributed by atoms with Gasteiger partial charge in [0.2, 0.25) is 5.91 Å². The van der Waals surface area contributed by atoms with Crippen LogP contribution < -0.4 is 10.2 Å². The van der Waals surface area contributed by atoms with Gasteiger partial charge in [0, 0.05) is 11.3 Å². The number of nitrogens with one attached hydrogen (secondary N) is 1. The van der Waals surface area contributed by atoms with Gasteiger partial charge in [-0.05, 0) is 42.7 Å². The molecule has 0 saturated carbocycles. The molecular weight excluding hydrogens is 364 g/mol. The smallest absolute Gasteiger partial charge is 0.268 e. The van der Waals surface area contributed by atoms with E-state index in [9.17, 15) is 14.7 Å². The Morgan fingerprint density at radius 3 is 2.41 bits per heavy atom. The molecule has 0 radical (unpaired) electrons. The van der Waals surface area contributed by atoms with Crippen molar-refractivity contribution >= 4 is 23.2 Å². The molecule has 0 fully saturated rings.